The molecule has 4 nitrogen and oxygen atoms in total. The molecule has 260 valence electrons. The van der Waals surface area contributed by atoms with Crippen molar-refractivity contribution in [3.8, 4) is 0 Å². The van der Waals surface area contributed by atoms with Gasteiger partial charge >= 0.3 is 11.9 Å². The molecule has 46 heavy (non-hydrogen) atoms. The summed E-state index contributed by atoms with van der Waals surface area (Å²) in [6.07, 6.45) is 29.3. The number of esters is 1. The Kier molecular flexibility index (Phi) is 28.6. The standard InChI is InChI=1S/C22H36O2.C20H32O2/c1-7-24-22(23)17-21(6)16-10-15-20(5)14-9-13-19(4)12-8-11-18(2)3;1-16(2)9-6-10-17(3)11-7-12-18(4)13-8-14-19(5)15-20(21)22/h11,13,15,17H,7-10,12,14,16H2,1-6H3;9,11,13,15H,6-8,10,12,14H2,1-5H3,(H,21,22)/b19-13+,20-15+,21-17+;17-11+,18-13+,19-15+. The van der Waals surface area contributed by atoms with E-state index < -0.39 is 5.97 Å². The first kappa shape index (κ1) is 45.0. The molecular formula is C42H68O4. The molecule has 0 aromatic heterocycles. The van der Waals surface area contributed by atoms with Crippen LogP contribution < -0.4 is 0 Å². The molecule has 4 heteroatoms. The SMILES string of the molecule is CC(C)=CCC/C(C)=C/CC/C(C)=C/CC/C(C)=C/C(=O)O.CCOC(=O)/C=C(\C)CC/C=C(\C)CC/C=C(\C)CCC=C(C)C. The van der Waals surface area contributed by atoms with Crippen LogP contribution in [0.5, 0.6) is 0 Å². The van der Waals surface area contributed by atoms with E-state index in [0.29, 0.717) is 6.61 Å². The zero-order valence-electron chi connectivity index (χ0n) is 31.5. The number of carboxylic acids is 1. The van der Waals surface area contributed by atoms with Gasteiger partial charge in [-0.2, -0.15) is 0 Å². The molecule has 0 aromatic rings. The maximum Gasteiger partial charge on any atom is 0.330 e. The molecule has 0 bridgehead atoms. The summed E-state index contributed by atoms with van der Waals surface area (Å²) in [6, 6.07) is 0. The number of carbonyl (C=O) groups excluding carboxylic acids is 1. The number of carboxylic acid groups (broad SMARTS) is 1. The number of aliphatic carboxylic acids is 1. The van der Waals surface area contributed by atoms with Crippen molar-refractivity contribution in [1.82, 2.24) is 0 Å². The van der Waals surface area contributed by atoms with E-state index in [1.54, 1.807) is 6.08 Å². The molecule has 0 amide bonds. The maximum atomic E-state index is 11.3. The number of hydrogen-bond donors (Lipinski definition) is 1. The Balaban J connectivity index is 0. The molecule has 0 aliphatic rings. The van der Waals surface area contributed by atoms with Crippen LogP contribution in [0.2, 0.25) is 0 Å². The Morgan fingerprint density at radius 2 is 0.739 bits per heavy atom. The maximum absolute atomic E-state index is 11.3. The van der Waals surface area contributed by atoms with Crippen molar-refractivity contribution >= 4 is 11.9 Å². The minimum absolute atomic E-state index is 0.232. The molecule has 0 saturated carbocycles. The number of carbonyl (C=O) groups is 2. The van der Waals surface area contributed by atoms with Gasteiger partial charge in [-0.3, -0.25) is 0 Å². The smallest absolute Gasteiger partial charge is 0.330 e. The topological polar surface area (TPSA) is 63.6 Å². The largest absolute Gasteiger partial charge is 0.478 e. The lowest BCUT2D eigenvalue weighted by atomic mass is 10.0. The normalized spacial score (nSPS) is 13.1. The van der Waals surface area contributed by atoms with Crippen molar-refractivity contribution in [3.05, 3.63) is 93.2 Å². The molecule has 0 atom stereocenters. The van der Waals surface area contributed by atoms with E-state index in [2.05, 4.69) is 91.8 Å². The molecule has 1 N–H and O–H groups in total. The van der Waals surface area contributed by atoms with E-state index in [1.165, 1.54) is 39.5 Å². The van der Waals surface area contributed by atoms with Gasteiger partial charge in [0.05, 0.1) is 6.61 Å². The van der Waals surface area contributed by atoms with Crippen LogP contribution in [-0.2, 0) is 14.3 Å². The first-order valence-electron chi connectivity index (χ1n) is 17.3. The Bertz CT molecular complexity index is 1120. The van der Waals surface area contributed by atoms with Crippen molar-refractivity contribution < 1.29 is 19.4 Å². The second-order valence-electron chi connectivity index (χ2n) is 13.1. The molecule has 0 rings (SSSR count). The summed E-state index contributed by atoms with van der Waals surface area (Å²) in [5, 5.41) is 8.65. The van der Waals surface area contributed by atoms with E-state index >= 15 is 0 Å². The van der Waals surface area contributed by atoms with Gasteiger partial charge in [0, 0.05) is 12.2 Å². The fourth-order valence-electron chi connectivity index (χ4n) is 4.51. The van der Waals surface area contributed by atoms with Crippen LogP contribution in [0.4, 0.5) is 0 Å². The number of rotatable bonds is 21. The Morgan fingerprint density at radius 3 is 1.02 bits per heavy atom. The van der Waals surface area contributed by atoms with Gasteiger partial charge in [-0.1, -0.05) is 81.0 Å². The molecule has 0 aliphatic carbocycles. The highest BCUT2D eigenvalue weighted by atomic mass is 16.5. The van der Waals surface area contributed by atoms with Gasteiger partial charge in [0.1, 0.15) is 0 Å². The molecule has 0 unspecified atom stereocenters. The monoisotopic (exact) mass is 637 g/mol. The Hall–Kier alpha value is -3.14. The highest BCUT2D eigenvalue weighted by Gasteiger charge is 1.99. The van der Waals surface area contributed by atoms with Crippen molar-refractivity contribution in [1.29, 1.82) is 0 Å². The summed E-state index contributed by atoms with van der Waals surface area (Å²) in [5.74, 6) is -1.09. The summed E-state index contributed by atoms with van der Waals surface area (Å²) < 4.78 is 4.92. The van der Waals surface area contributed by atoms with Gasteiger partial charge in [-0.25, -0.2) is 9.59 Å². The van der Waals surface area contributed by atoms with E-state index in [9.17, 15) is 9.59 Å². The fraction of sp³-hybridized carbons (Fsp3) is 0.571. The lowest BCUT2D eigenvalue weighted by Crippen LogP contribution is -2.00. The summed E-state index contributed by atoms with van der Waals surface area (Å²) in [7, 11) is 0. The van der Waals surface area contributed by atoms with E-state index in [1.807, 2.05) is 20.8 Å². The second kappa shape index (κ2) is 29.3. The van der Waals surface area contributed by atoms with Gasteiger partial charge in [-0.15, -0.1) is 0 Å². The predicted molar refractivity (Wildman–Crippen MR) is 201 cm³/mol. The van der Waals surface area contributed by atoms with Gasteiger partial charge in [0.2, 0.25) is 0 Å². The van der Waals surface area contributed by atoms with Crippen LogP contribution in [0.15, 0.2) is 93.2 Å². The van der Waals surface area contributed by atoms with Crippen LogP contribution in [0.1, 0.15) is 153 Å². The second-order valence-corrected chi connectivity index (χ2v) is 13.1. The minimum atomic E-state index is -0.855. The average molecular weight is 637 g/mol. The number of hydrogen-bond acceptors (Lipinski definition) is 3. The van der Waals surface area contributed by atoms with Gasteiger partial charge in [-0.05, 0) is 153 Å². The molecule has 0 saturated heterocycles. The third-order valence-electron chi connectivity index (χ3n) is 7.33. The number of ether oxygens (including phenoxy) is 1. The zero-order chi connectivity index (χ0) is 35.3. The highest BCUT2D eigenvalue weighted by Crippen LogP contribution is 2.15. The summed E-state index contributed by atoms with van der Waals surface area (Å²) in [6.45, 7) is 23.5. The third kappa shape index (κ3) is 33.7. The van der Waals surface area contributed by atoms with E-state index in [0.717, 1.165) is 88.2 Å². The van der Waals surface area contributed by atoms with Crippen LogP contribution in [0.25, 0.3) is 0 Å². The van der Waals surface area contributed by atoms with Crippen molar-refractivity contribution in [2.75, 3.05) is 6.61 Å². The molecular weight excluding hydrogens is 568 g/mol. The van der Waals surface area contributed by atoms with Crippen LogP contribution in [0, 0.1) is 0 Å². The van der Waals surface area contributed by atoms with E-state index in [4.69, 9.17) is 9.84 Å². The van der Waals surface area contributed by atoms with Gasteiger partial charge in [0.15, 0.2) is 0 Å². The molecule has 0 aliphatic heterocycles. The summed E-state index contributed by atoms with van der Waals surface area (Å²) in [5.41, 5.74) is 10.5. The third-order valence-corrected chi connectivity index (χ3v) is 7.33. The minimum Gasteiger partial charge on any atom is -0.478 e. The predicted octanol–water partition coefficient (Wildman–Crippen LogP) is 12.9. The van der Waals surface area contributed by atoms with Crippen molar-refractivity contribution in [2.45, 2.75) is 153 Å². The molecule has 0 spiro atoms. The van der Waals surface area contributed by atoms with Gasteiger partial charge in [0.25, 0.3) is 0 Å². The first-order chi connectivity index (χ1) is 21.7. The Labute approximate surface area is 283 Å². The quantitative estimate of drug-likeness (QED) is 0.0773. The first-order valence-corrected chi connectivity index (χ1v) is 17.3. The number of allylic oxidation sites excluding steroid dienone is 14. The zero-order valence-corrected chi connectivity index (χ0v) is 31.5. The van der Waals surface area contributed by atoms with Crippen LogP contribution in [-0.4, -0.2) is 23.7 Å². The molecule has 0 fully saturated rings. The highest BCUT2D eigenvalue weighted by molar-refractivity contribution is 5.82. The van der Waals surface area contributed by atoms with Crippen molar-refractivity contribution in [3.63, 3.8) is 0 Å². The van der Waals surface area contributed by atoms with Crippen LogP contribution >= 0.6 is 0 Å². The summed E-state index contributed by atoms with van der Waals surface area (Å²) >= 11 is 0. The molecule has 0 radical (unpaired) electrons. The van der Waals surface area contributed by atoms with Crippen LogP contribution in [0.3, 0.4) is 0 Å². The van der Waals surface area contributed by atoms with Gasteiger partial charge < -0.3 is 9.84 Å². The Morgan fingerprint density at radius 1 is 0.457 bits per heavy atom. The summed E-state index contributed by atoms with van der Waals surface area (Å²) in [4.78, 5) is 21.9. The van der Waals surface area contributed by atoms with Crippen molar-refractivity contribution in [2.24, 2.45) is 0 Å². The molecule has 0 aromatic carbocycles. The fourth-order valence-corrected chi connectivity index (χ4v) is 4.51. The lowest BCUT2D eigenvalue weighted by Gasteiger charge is -2.03. The molecule has 0 heterocycles. The van der Waals surface area contributed by atoms with E-state index in [-0.39, 0.29) is 5.97 Å². The lowest BCUT2D eigenvalue weighted by molar-refractivity contribution is -0.137. The average Bonchev–Trinajstić information content (AvgIpc) is 2.92.